The van der Waals surface area contributed by atoms with E-state index in [9.17, 15) is 4.79 Å². The Bertz CT molecular complexity index is 908. The standard InChI is InChI=1S/C19H19N3O/c1-19(2)10-15-17(16(23)11-19)18(22-21-15)20-14-8-7-12-5-3-4-6-13(12)9-14/h3-9H,10-11H2,1-2H3,(H2,20,21,22). The number of anilines is 2. The Hall–Kier alpha value is -2.62. The first kappa shape index (κ1) is 14.0. The molecular weight excluding hydrogens is 286 g/mol. The molecule has 0 atom stereocenters. The Labute approximate surface area is 134 Å². The summed E-state index contributed by atoms with van der Waals surface area (Å²) in [6.45, 7) is 4.23. The third-order valence-corrected chi connectivity index (χ3v) is 4.43. The second-order valence-corrected chi connectivity index (χ2v) is 7.05. The molecule has 23 heavy (non-hydrogen) atoms. The zero-order valence-electron chi connectivity index (χ0n) is 13.3. The van der Waals surface area contributed by atoms with Gasteiger partial charge in [0.1, 0.15) is 0 Å². The van der Waals surface area contributed by atoms with E-state index in [4.69, 9.17) is 0 Å². The van der Waals surface area contributed by atoms with Gasteiger partial charge in [0.2, 0.25) is 0 Å². The summed E-state index contributed by atoms with van der Waals surface area (Å²) in [4.78, 5) is 12.5. The summed E-state index contributed by atoms with van der Waals surface area (Å²) >= 11 is 0. The predicted octanol–water partition coefficient (Wildman–Crippen LogP) is 4.46. The Morgan fingerprint density at radius 3 is 2.70 bits per heavy atom. The first-order chi connectivity index (χ1) is 11.0. The number of nitrogens with zero attached hydrogens (tertiary/aromatic N) is 1. The van der Waals surface area contributed by atoms with Gasteiger partial charge in [0.25, 0.3) is 0 Å². The van der Waals surface area contributed by atoms with Gasteiger partial charge in [0, 0.05) is 17.8 Å². The average molecular weight is 305 g/mol. The summed E-state index contributed by atoms with van der Waals surface area (Å²) in [5.74, 6) is 0.795. The molecule has 0 aliphatic heterocycles. The summed E-state index contributed by atoms with van der Waals surface area (Å²) < 4.78 is 0. The second kappa shape index (κ2) is 4.95. The van der Waals surface area contributed by atoms with Crippen LogP contribution in [0, 0.1) is 5.41 Å². The molecule has 0 radical (unpaired) electrons. The molecular formula is C19H19N3O. The molecule has 0 amide bonds. The highest BCUT2D eigenvalue weighted by Crippen LogP contribution is 2.37. The van der Waals surface area contributed by atoms with Crippen molar-refractivity contribution in [3.8, 4) is 0 Å². The van der Waals surface area contributed by atoms with Crippen LogP contribution in [0.1, 0.15) is 36.3 Å². The number of hydrogen-bond donors (Lipinski definition) is 2. The van der Waals surface area contributed by atoms with Crippen molar-refractivity contribution in [2.45, 2.75) is 26.7 Å². The first-order valence-electron chi connectivity index (χ1n) is 7.88. The molecule has 3 aromatic rings. The number of rotatable bonds is 2. The van der Waals surface area contributed by atoms with E-state index in [2.05, 4.69) is 53.6 Å². The van der Waals surface area contributed by atoms with Crippen molar-refractivity contribution in [3.05, 3.63) is 53.7 Å². The number of aromatic amines is 1. The molecule has 1 aliphatic rings. The Morgan fingerprint density at radius 1 is 1.09 bits per heavy atom. The summed E-state index contributed by atoms with van der Waals surface area (Å²) in [6, 6.07) is 14.4. The minimum Gasteiger partial charge on any atom is -0.338 e. The van der Waals surface area contributed by atoms with Crippen molar-refractivity contribution in [2.24, 2.45) is 5.41 Å². The van der Waals surface area contributed by atoms with Gasteiger partial charge in [0.15, 0.2) is 11.6 Å². The van der Waals surface area contributed by atoms with E-state index in [0.717, 1.165) is 28.8 Å². The van der Waals surface area contributed by atoms with E-state index < -0.39 is 0 Å². The molecule has 1 aromatic heterocycles. The molecule has 0 saturated heterocycles. The maximum absolute atomic E-state index is 12.5. The van der Waals surface area contributed by atoms with Gasteiger partial charge >= 0.3 is 0 Å². The number of carbonyl (C=O) groups is 1. The quantitative estimate of drug-likeness (QED) is 0.735. The molecule has 4 heteroatoms. The van der Waals surface area contributed by atoms with Gasteiger partial charge in [-0.3, -0.25) is 9.89 Å². The zero-order chi connectivity index (χ0) is 16.0. The first-order valence-corrected chi connectivity index (χ1v) is 7.88. The van der Waals surface area contributed by atoms with E-state index in [1.165, 1.54) is 5.39 Å². The lowest BCUT2D eigenvalue weighted by Gasteiger charge is -2.27. The van der Waals surface area contributed by atoms with Gasteiger partial charge in [-0.25, -0.2) is 0 Å². The number of carbonyl (C=O) groups excluding carboxylic acids is 1. The molecule has 4 rings (SSSR count). The minimum atomic E-state index is -0.00314. The lowest BCUT2D eigenvalue weighted by atomic mass is 9.76. The number of hydrogen-bond acceptors (Lipinski definition) is 3. The largest absolute Gasteiger partial charge is 0.338 e. The van der Waals surface area contributed by atoms with Crippen LogP contribution in [0.2, 0.25) is 0 Å². The maximum atomic E-state index is 12.5. The molecule has 1 aliphatic carbocycles. The van der Waals surface area contributed by atoms with E-state index >= 15 is 0 Å². The molecule has 2 N–H and O–H groups in total. The van der Waals surface area contributed by atoms with Crippen LogP contribution in [0.15, 0.2) is 42.5 Å². The Morgan fingerprint density at radius 2 is 1.87 bits per heavy atom. The number of fused-ring (bicyclic) bond motifs is 2. The van der Waals surface area contributed by atoms with Crippen molar-refractivity contribution >= 4 is 28.1 Å². The van der Waals surface area contributed by atoms with Crippen LogP contribution in [0.4, 0.5) is 11.5 Å². The second-order valence-electron chi connectivity index (χ2n) is 7.05. The lowest BCUT2D eigenvalue weighted by Crippen LogP contribution is -2.26. The zero-order valence-corrected chi connectivity index (χ0v) is 13.3. The van der Waals surface area contributed by atoms with E-state index in [0.29, 0.717) is 12.2 Å². The fourth-order valence-electron chi connectivity index (χ4n) is 3.36. The minimum absolute atomic E-state index is 0.00314. The van der Waals surface area contributed by atoms with Crippen molar-refractivity contribution in [1.82, 2.24) is 10.2 Å². The highest BCUT2D eigenvalue weighted by molar-refractivity contribution is 6.03. The number of Topliss-reactive ketones (excluding diaryl/α,β-unsaturated/α-hetero) is 1. The molecule has 116 valence electrons. The summed E-state index contributed by atoms with van der Waals surface area (Å²) in [6.07, 6.45) is 1.41. The molecule has 0 saturated carbocycles. The van der Waals surface area contributed by atoms with Gasteiger partial charge < -0.3 is 5.32 Å². The van der Waals surface area contributed by atoms with Crippen LogP contribution in [0.3, 0.4) is 0 Å². The molecule has 0 bridgehead atoms. The lowest BCUT2D eigenvalue weighted by molar-refractivity contribution is 0.0912. The van der Waals surface area contributed by atoms with Gasteiger partial charge in [-0.15, -0.1) is 0 Å². The molecule has 0 unspecified atom stereocenters. The Balaban J connectivity index is 1.69. The van der Waals surface area contributed by atoms with Crippen LogP contribution in [0.25, 0.3) is 10.8 Å². The normalized spacial score (nSPS) is 16.3. The van der Waals surface area contributed by atoms with Crippen molar-refractivity contribution in [2.75, 3.05) is 5.32 Å². The van der Waals surface area contributed by atoms with Gasteiger partial charge in [-0.05, 0) is 34.7 Å². The van der Waals surface area contributed by atoms with Gasteiger partial charge in [-0.2, -0.15) is 5.10 Å². The number of ketones is 1. The Kier molecular flexibility index (Phi) is 3.01. The number of H-pyrrole nitrogens is 1. The van der Waals surface area contributed by atoms with E-state index in [1.807, 2.05) is 18.2 Å². The monoisotopic (exact) mass is 305 g/mol. The van der Waals surface area contributed by atoms with Crippen LogP contribution >= 0.6 is 0 Å². The van der Waals surface area contributed by atoms with Crippen molar-refractivity contribution in [1.29, 1.82) is 0 Å². The number of nitrogens with one attached hydrogen (secondary N) is 2. The van der Waals surface area contributed by atoms with Crippen molar-refractivity contribution in [3.63, 3.8) is 0 Å². The van der Waals surface area contributed by atoms with Gasteiger partial charge in [0.05, 0.1) is 5.56 Å². The summed E-state index contributed by atoms with van der Waals surface area (Å²) in [7, 11) is 0. The van der Waals surface area contributed by atoms with Crippen LogP contribution in [-0.2, 0) is 6.42 Å². The fourth-order valence-corrected chi connectivity index (χ4v) is 3.36. The smallest absolute Gasteiger partial charge is 0.169 e. The average Bonchev–Trinajstić information content (AvgIpc) is 2.88. The van der Waals surface area contributed by atoms with Crippen LogP contribution in [0.5, 0.6) is 0 Å². The highest BCUT2D eigenvalue weighted by atomic mass is 16.1. The van der Waals surface area contributed by atoms with E-state index in [1.54, 1.807) is 0 Å². The van der Waals surface area contributed by atoms with Gasteiger partial charge in [-0.1, -0.05) is 44.2 Å². The third kappa shape index (κ3) is 2.50. The molecule has 4 nitrogen and oxygen atoms in total. The SMILES string of the molecule is CC1(C)CC(=O)c2c(Nc3ccc4ccccc4c3)n[nH]c2C1. The number of aromatic nitrogens is 2. The van der Waals surface area contributed by atoms with E-state index in [-0.39, 0.29) is 11.2 Å². The maximum Gasteiger partial charge on any atom is 0.169 e. The number of benzene rings is 2. The molecule has 2 aromatic carbocycles. The summed E-state index contributed by atoms with van der Waals surface area (Å²) in [5.41, 5.74) is 2.60. The topological polar surface area (TPSA) is 57.8 Å². The molecule has 0 fully saturated rings. The predicted molar refractivity (Wildman–Crippen MR) is 92.3 cm³/mol. The van der Waals surface area contributed by atoms with Crippen LogP contribution in [-0.4, -0.2) is 16.0 Å². The fraction of sp³-hybridized carbons (Fsp3) is 0.263. The van der Waals surface area contributed by atoms with Crippen LogP contribution < -0.4 is 5.32 Å². The molecule has 0 spiro atoms. The summed E-state index contributed by atoms with van der Waals surface area (Å²) in [5, 5.41) is 13.0. The highest BCUT2D eigenvalue weighted by Gasteiger charge is 2.34. The molecule has 1 heterocycles. The van der Waals surface area contributed by atoms with Crippen molar-refractivity contribution < 1.29 is 4.79 Å². The third-order valence-electron chi connectivity index (χ3n) is 4.43.